The molecule has 1 aliphatic carbocycles. The third-order valence-corrected chi connectivity index (χ3v) is 2.50. The molecule has 68 valence electrons. The summed E-state index contributed by atoms with van der Waals surface area (Å²) in [4.78, 5) is 21.0. The molecule has 0 aromatic heterocycles. The number of nitro groups is 1. The van der Waals surface area contributed by atoms with E-state index in [0.29, 0.717) is 6.42 Å². The molecule has 1 rings (SSSR count). The van der Waals surface area contributed by atoms with Crippen LogP contribution >= 0.6 is 0 Å². The minimum atomic E-state index is -0.351. The summed E-state index contributed by atoms with van der Waals surface area (Å²) in [6.45, 7) is 1.83. The van der Waals surface area contributed by atoms with E-state index < -0.39 is 0 Å². The fraction of sp³-hybridized carbons (Fsp3) is 0.875. The molecule has 4 heteroatoms. The van der Waals surface area contributed by atoms with Crippen LogP contribution in [-0.4, -0.2) is 17.3 Å². The van der Waals surface area contributed by atoms with E-state index in [-0.39, 0.29) is 29.1 Å². The molecule has 0 aromatic rings. The molecule has 0 N–H and O–H groups in total. The monoisotopic (exact) mass is 171 g/mol. The van der Waals surface area contributed by atoms with E-state index in [1.54, 1.807) is 0 Å². The van der Waals surface area contributed by atoms with E-state index in [4.69, 9.17) is 0 Å². The topological polar surface area (TPSA) is 60.2 Å². The molecule has 2 atom stereocenters. The first-order chi connectivity index (χ1) is 5.61. The normalized spacial score (nSPS) is 29.2. The lowest BCUT2D eigenvalue weighted by molar-refractivity contribution is -0.481. The minimum absolute atomic E-state index is 0.0367. The third-order valence-electron chi connectivity index (χ3n) is 2.50. The van der Waals surface area contributed by atoms with Gasteiger partial charge in [-0.25, -0.2) is 0 Å². The number of rotatable bonds is 3. The zero-order chi connectivity index (χ0) is 9.14. The van der Waals surface area contributed by atoms with Crippen molar-refractivity contribution in [2.45, 2.75) is 26.2 Å². The zero-order valence-corrected chi connectivity index (χ0v) is 7.16. The first-order valence-corrected chi connectivity index (χ1v) is 4.26. The summed E-state index contributed by atoms with van der Waals surface area (Å²) < 4.78 is 0. The van der Waals surface area contributed by atoms with E-state index >= 15 is 0 Å². The lowest BCUT2D eigenvalue weighted by atomic mass is 10.0. The summed E-state index contributed by atoms with van der Waals surface area (Å²) in [7, 11) is 0. The summed E-state index contributed by atoms with van der Waals surface area (Å²) in [5.74, 6) is 0.309. The maximum atomic E-state index is 11.3. The lowest BCUT2D eigenvalue weighted by Crippen LogP contribution is -2.15. The van der Waals surface area contributed by atoms with E-state index in [1.165, 1.54) is 0 Å². The standard InChI is InChI=1S/C8H13NO3/c1-6-2-3-7(8(6)10)4-5-9(11)12/h6-7H,2-5H2,1H3. The zero-order valence-electron chi connectivity index (χ0n) is 7.16. The molecule has 0 heterocycles. The summed E-state index contributed by atoms with van der Waals surface area (Å²) in [6.07, 6.45) is 2.17. The van der Waals surface area contributed by atoms with Crippen LogP contribution in [-0.2, 0) is 4.79 Å². The highest BCUT2D eigenvalue weighted by Crippen LogP contribution is 2.28. The van der Waals surface area contributed by atoms with Crippen molar-refractivity contribution < 1.29 is 9.72 Å². The Hall–Kier alpha value is -0.930. The van der Waals surface area contributed by atoms with Crippen molar-refractivity contribution in [1.29, 1.82) is 0 Å². The molecule has 0 amide bonds. The number of Topliss-reactive ketones (excluding diaryl/α,β-unsaturated/α-hetero) is 1. The minimum Gasteiger partial charge on any atom is -0.299 e. The van der Waals surface area contributed by atoms with Crippen LogP contribution in [0.3, 0.4) is 0 Å². The van der Waals surface area contributed by atoms with Crippen LogP contribution < -0.4 is 0 Å². The molecule has 0 saturated heterocycles. The Bertz CT molecular complexity index is 202. The Kier molecular flexibility index (Phi) is 2.78. The van der Waals surface area contributed by atoms with E-state index in [0.717, 1.165) is 12.8 Å². The van der Waals surface area contributed by atoms with Gasteiger partial charge in [0.25, 0.3) is 0 Å². The van der Waals surface area contributed by atoms with Gasteiger partial charge in [-0.1, -0.05) is 6.92 Å². The van der Waals surface area contributed by atoms with Crippen molar-refractivity contribution in [2.24, 2.45) is 11.8 Å². The summed E-state index contributed by atoms with van der Waals surface area (Å²) in [5, 5.41) is 10.0. The van der Waals surface area contributed by atoms with Gasteiger partial charge in [0.2, 0.25) is 6.54 Å². The van der Waals surface area contributed by atoms with Crippen LogP contribution in [0.5, 0.6) is 0 Å². The van der Waals surface area contributed by atoms with Gasteiger partial charge in [-0.2, -0.15) is 0 Å². The Morgan fingerprint density at radius 1 is 1.58 bits per heavy atom. The van der Waals surface area contributed by atoms with E-state index in [9.17, 15) is 14.9 Å². The lowest BCUT2D eigenvalue weighted by Gasteiger charge is -2.03. The average molecular weight is 171 g/mol. The van der Waals surface area contributed by atoms with Crippen molar-refractivity contribution in [3.8, 4) is 0 Å². The van der Waals surface area contributed by atoms with Crippen LogP contribution in [0, 0.1) is 22.0 Å². The molecular weight excluding hydrogens is 158 g/mol. The molecule has 1 saturated carbocycles. The number of ketones is 1. The number of hydrogen-bond donors (Lipinski definition) is 0. The van der Waals surface area contributed by atoms with Crippen molar-refractivity contribution in [1.82, 2.24) is 0 Å². The first kappa shape index (κ1) is 9.16. The largest absolute Gasteiger partial charge is 0.299 e. The molecule has 0 spiro atoms. The highest BCUT2D eigenvalue weighted by atomic mass is 16.6. The smallest absolute Gasteiger partial charge is 0.204 e. The molecule has 0 bridgehead atoms. The fourth-order valence-corrected chi connectivity index (χ4v) is 1.69. The number of hydrogen-bond acceptors (Lipinski definition) is 3. The molecule has 0 aliphatic heterocycles. The second-order valence-electron chi connectivity index (χ2n) is 3.42. The van der Waals surface area contributed by atoms with Crippen LogP contribution in [0.2, 0.25) is 0 Å². The second kappa shape index (κ2) is 3.65. The Labute approximate surface area is 71.1 Å². The summed E-state index contributed by atoms with van der Waals surface area (Å²) >= 11 is 0. The molecule has 0 radical (unpaired) electrons. The quantitative estimate of drug-likeness (QED) is 0.474. The number of carbonyl (C=O) groups excluding carboxylic acids is 1. The fourth-order valence-electron chi connectivity index (χ4n) is 1.69. The number of carbonyl (C=O) groups is 1. The molecule has 1 aliphatic rings. The van der Waals surface area contributed by atoms with E-state index in [1.807, 2.05) is 6.92 Å². The summed E-state index contributed by atoms with van der Waals surface area (Å²) in [5.41, 5.74) is 0. The Balaban J connectivity index is 2.34. The Morgan fingerprint density at radius 3 is 2.67 bits per heavy atom. The van der Waals surface area contributed by atoms with Gasteiger partial charge in [0.1, 0.15) is 5.78 Å². The van der Waals surface area contributed by atoms with Crippen molar-refractivity contribution in [3.63, 3.8) is 0 Å². The number of nitrogens with zero attached hydrogens (tertiary/aromatic N) is 1. The van der Waals surface area contributed by atoms with Gasteiger partial charge in [0, 0.05) is 23.2 Å². The predicted molar refractivity (Wildman–Crippen MR) is 43.4 cm³/mol. The highest BCUT2D eigenvalue weighted by molar-refractivity contribution is 5.84. The average Bonchev–Trinajstić information content (AvgIpc) is 2.30. The van der Waals surface area contributed by atoms with Crippen LogP contribution in [0.1, 0.15) is 26.2 Å². The van der Waals surface area contributed by atoms with Gasteiger partial charge in [0.05, 0.1) is 0 Å². The van der Waals surface area contributed by atoms with Crippen molar-refractivity contribution in [2.75, 3.05) is 6.54 Å². The van der Waals surface area contributed by atoms with Gasteiger partial charge < -0.3 is 0 Å². The molecule has 2 unspecified atom stereocenters. The molecule has 1 fully saturated rings. The predicted octanol–water partition coefficient (Wildman–Crippen LogP) is 1.27. The second-order valence-corrected chi connectivity index (χ2v) is 3.42. The Morgan fingerprint density at radius 2 is 2.25 bits per heavy atom. The first-order valence-electron chi connectivity index (χ1n) is 4.26. The van der Waals surface area contributed by atoms with Crippen molar-refractivity contribution in [3.05, 3.63) is 10.1 Å². The van der Waals surface area contributed by atoms with Gasteiger partial charge in [-0.05, 0) is 12.8 Å². The van der Waals surface area contributed by atoms with E-state index in [2.05, 4.69) is 0 Å². The maximum Gasteiger partial charge on any atom is 0.204 e. The molecule has 4 nitrogen and oxygen atoms in total. The van der Waals surface area contributed by atoms with Crippen LogP contribution in [0.15, 0.2) is 0 Å². The molecule has 12 heavy (non-hydrogen) atoms. The summed E-state index contributed by atoms with van der Waals surface area (Å²) in [6, 6.07) is 0. The molecular formula is C8H13NO3. The van der Waals surface area contributed by atoms with Gasteiger partial charge in [0.15, 0.2) is 0 Å². The van der Waals surface area contributed by atoms with Crippen LogP contribution in [0.25, 0.3) is 0 Å². The van der Waals surface area contributed by atoms with Gasteiger partial charge >= 0.3 is 0 Å². The molecule has 0 aromatic carbocycles. The van der Waals surface area contributed by atoms with Gasteiger partial charge in [-0.3, -0.25) is 14.9 Å². The maximum absolute atomic E-state index is 11.3. The van der Waals surface area contributed by atoms with Crippen molar-refractivity contribution >= 4 is 5.78 Å². The SMILES string of the molecule is CC1CCC(CC[N+](=O)[O-])C1=O. The third kappa shape index (κ3) is 2.03. The van der Waals surface area contributed by atoms with Crippen LogP contribution in [0.4, 0.5) is 0 Å². The van der Waals surface area contributed by atoms with Gasteiger partial charge in [-0.15, -0.1) is 0 Å². The highest BCUT2D eigenvalue weighted by Gasteiger charge is 2.31.